The van der Waals surface area contributed by atoms with E-state index >= 15 is 0 Å². The van der Waals surface area contributed by atoms with Gasteiger partial charge in [-0.25, -0.2) is 0 Å². The Balaban J connectivity index is 1.71. The van der Waals surface area contributed by atoms with E-state index in [2.05, 4.69) is 15.6 Å². The molecule has 0 saturated heterocycles. The lowest BCUT2D eigenvalue weighted by Crippen LogP contribution is -2.30. The van der Waals surface area contributed by atoms with Gasteiger partial charge in [0, 0.05) is 35.1 Å². The number of rotatable bonds is 6. The molecule has 29 heavy (non-hydrogen) atoms. The highest BCUT2D eigenvalue weighted by Crippen LogP contribution is 2.29. The maximum atomic E-state index is 12.5. The van der Waals surface area contributed by atoms with Gasteiger partial charge in [-0.15, -0.1) is 0 Å². The summed E-state index contributed by atoms with van der Waals surface area (Å²) in [6.07, 6.45) is 1.05. The standard InChI is InChI=1S/C22H20ClN3O3/c1-14(27)13-25-21(28)15-5-7-16(8-6-15)22(29)26-17-9-10-19(23)18(12-17)20-4-2-3-11-24-20/h2-12,14,27H,13H2,1H3,(H,25,28)(H,26,29)/t14-/m1/s1. The molecular weight excluding hydrogens is 390 g/mol. The molecule has 148 valence electrons. The van der Waals surface area contributed by atoms with Gasteiger partial charge in [-0.05, 0) is 61.5 Å². The van der Waals surface area contributed by atoms with E-state index < -0.39 is 6.10 Å². The Morgan fingerprint density at radius 3 is 2.34 bits per heavy atom. The van der Waals surface area contributed by atoms with Crippen LogP contribution in [-0.2, 0) is 0 Å². The molecule has 0 unspecified atom stereocenters. The number of nitrogens with zero attached hydrogens (tertiary/aromatic N) is 1. The van der Waals surface area contributed by atoms with E-state index in [9.17, 15) is 14.7 Å². The van der Waals surface area contributed by atoms with Gasteiger partial charge in [-0.3, -0.25) is 14.6 Å². The molecule has 0 radical (unpaired) electrons. The van der Waals surface area contributed by atoms with Crippen LogP contribution in [0.1, 0.15) is 27.6 Å². The Morgan fingerprint density at radius 2 is 1.72 bits per heavy atom. The van der Waals surface area contributed by atoms with E-state index in [0.29, 0.717) is 27.5 Å². The van der Waals surface area contributed by atoms with Crippen LogP contribution in [0.25, 0.3) is 11.3 Å². The molecule has 0 saturated carbocycles. The molecule has 1 atom stereocenters. The Bertz CT molecular complexity index is 1010. The average molecular weight is 410 g/mol. The number of pyridine rings is 1. The average Bonchev–Trinajstić information content (AvgIpc) is 2.74. The number of carbonyl (C=O) groups is 2. The number of hydrogen-bond acceptors (Lipinski definition) is 4. The number of amides is 2. The predicted molar refractivity (Wildman–Crippen MR) is 113 cm³/mol. The number of aromatic nitrogens is 1. The van der Waals surface area contributed by atoms with Crippen molar-refractivity contribution in [1.29, 1.82) is 0 Å². The topological polar surface area (TPSA) is 91.3 Å². The van der Waals surface area contributed by atoms with Crippen molar-refractivity contribution in [3.63, 3.8) is 0 Å². The lowest BCUT2D eigenvalue weighted by atomic mass is 10.1. The lowest BCUT2D eigenvalue weighted by Gasteiger charge is -2.10. The second-order valence-electron chi connectivity index (χ2n) is 6.50. The Morgan fingerprint density at radius 1 is 1.03 bits per heavy atom. The lowest BCUT2D eigenvalue weighted by molar-refractivity contribution is 0.0923. The SMILES string of the molecule is C[C@@H](O)CNC(=O)c1ccc(C(=O)Nc2ccc(Cl)c(-c3ccccn3)c2)cc1. The van der Waals surface area contributed by atoms with Crippen molar-refractivity contribution in [3.05, 3.63) is 83.0 Å². The maximum absolute atomic E-state index is 12.5. The fourth-order valence-electron chi connectivity index (χ4n) is 2.64. The Hall–Kier alpha value is -3.22. The van der Waals surface area contributed by atoms with Gasteiger partial charge in [-0.1, -0.05) is 17.7 Å². The highest BCUT2D eigenvalue weighted by atomic mass is 35.5. The number of benzene rings is 2. The van der Waals surface area contributed by atoms with Crippen LogP contribution in [0.15, 0.2) is 66.9 Å². The van der Waals surface area contributed by atoms with Crippen LogP contribution >= 0.6 is 11.6 Å². The summed E-state index contributed by atoms with van der Waals surface area (Å²) in [5.74, 6) is -0.620. The van der Waals surface area contributed by atoms with Gasteiger partial charge < -0.3 is 15.7 Å². The third-order valence-electron chi connectivity index (χ3n) is 4.13. The number of anilines is 1. The van der Waals surface area contributed by atoms with Crippen LogP contribution in [-0.4, -0.2) is 34.6 Å². The van der Waals surface area contributed by atoms with Gasteiger partial charge in [0.15, 0.2) is 0 Å². The van der Waals surface area contributed by atoms with Crippen LogP contribution in [0, 0.1) is 0 Å². The normalized spacial score (nSPS) is 11.6. The molecule has 1 aromatic heterocycles. The second-order valence-corrected chi connectivity index (χ2v) is 6.91. The van der Waals surface area contributed by atoms with E-state index in [-0.39, 0.29) is 18.4 Å². The second kappa shape index (κ2) is 9.32. The first kappa shape index (κ1) is 20.5. The van der Waals surface area contributed by atoms with Crippen LogP contribution in [0.5, 0.6) is 0 Å². The minimum Gasteiger partial charge on any atom is -0.392 e. The first-order valence-electron chi connectivity index (χ1n) is 9.02. The molecule has 0 bridgehead atoms. The van der Waals surface area contributed by atoms with Gasteiger partial charge in [0.25, 0.3) is 11.8 Å². The van der Waals surface area contributed by atoms with Crippen molar-refractivity contribution in [2.24, 2.45) is 0 Å². The zero-order valence-corrected chi connectivity index (χ0v) is 16.5. The molecule has 1 heterocycles. The maximum Gasteiger partial charge on any atom is 0.255 e. The zero-order valence-electron chi connectivity index (χ0n) is 15.7. The molecule has 2 aromatic carbocycles. The number of aliphatic hydroxyl groups excluding tert-OH is 1. The molecule has 0 spiro atoms. The summed E-state index contributed by atoms with van der Waals surface area (Å²) >= 11 is 6.27. The molecule has 3 aromatic rings. The number of nitrogens with one attached hydrogen (secondary N) is 2. The predicted octanol–water partition coefficient (Wildman–Crippen LogP) is 3.76. The number of carbonyl (C=O) groups excluding carboxylic acids is 2. The van der Waals surface area contributed by atoms with Gasteiger partial charge in [0.2, 0.25) is 0 Å². The molecule has 0 fully saturated rings. The van der Waals surface area contributed by atoms with E-state index in [1.54, 1.807) is 55.6 Å². The quantitative estimate of drug-likeness (QED) is 0.578. The van der Waals surface area contributed by atoms with Crippen LogP contribution < -0.4 is 10.6 Å². The summed E-state index contributed by atoms with van der Waals surface area (Å²) in [6, 6.07) is 17.0. The van der Waals surface area contributed by atoms with Gasteiger partial charge in [0.05, 0.1) is 16.8 Å². The van der Waals surface area contributed by atoms with E-state index in [1.807, 2.05) is 18.2 Å². The third kappa shape index (κ3) is 5.40. The zero-order chi connectivity index (χ0) is 20.8. The van der Waals surface area contributed by atoms with Crippen LogP contribution in [0.2, 0.25) is 5.02 Å². The molecule has 0 aliphatic carbocycles. The molecule has 6 nitrogen and oxygen atoms in total. The molecule has 3 N–H and O–H groups in total. The van der Waals surface area contributed by atoms with Crippen molar-refractivity contribution < 1.29 is 14.7 Å². The van der Waals surface area contributed by atoms with Gasteiger partial charge in [-0.2, -0.15) is 0 Å². The highest BCUT2D eigenvalue weighted by Gasteiger charge is 2.11. The minimum absolute atomic E-state index is 0.163. The molecule has 2 amide bonds. The number of hydrogen-bond donors (Lipinski definition) is 3. The fraction of sp³-hybridized carbons (Fsp3) is 0.136. The first-order chi connectivity index (χ1) is 13.9. The third-order valence-corrected chi connectivity index (χ3v) is 4.46. The van der Waals surface area contributed by atoms with E-state index in [0.717, 1.165) is 5.56 Å². The number of aliphatic hydroxyl groups is 1. The summed E-state index contributed by atoms with van der Waals surface area (Å²) in [4.78, 5) is 28.8. The van der Waals surface area contributed by atoms with Crippen molar-refractivity contribution >= 4 is 29.1 Å². The summed E-state index contributed by atoms with van der Waals surface area (Å²) < 4.78 is 0. The first-order valence-corrected chi connectivity index (χ1v) is 9.40. The van der Waals surface area contributed by atoms with Gasteiger partial charge >= 0.3 is 0 Å². The minimum atomic E-state index is -0.626. The van der Waals surface area contributed by atoms with Crippen LogP contribution in [0.3, 0.4) is 0 Å². The number of halogens is 1. The van der Waals surface area contributed by atoms with Crippen molar-refractivity contribution in [1.82, 2.24) is 10.3 Å². The summed E-state index contributed by atoms with van der Waals surface area (Å²) in [6.45, 7) is 1.75. The van der Waals surface area contributed by atoms with Crippen molar-refractivity contribution in [2.75, 3.05) is 11.9 Å². The van der Waals surface area contributed by atoms with Gasteiger partial charge in [0.1, 0.15) is 0 Å². The highest BCUT2D eigenvalue weighted by molar-refractivity contribution is 6.33. The summed E-state index contributed by atoms with van der Waals surface area (Å²) in [5, 5.41) is 15.2. The molecule has 0 aliphatic rings. The van der Waals surface area contributed by atoms with E-state index in [1.165, 1.54) is 0 Å². The molecular formula is C22H20ClN3O3. The summed E-state index contributed by atoms with van der Waals surface area (Å²) in [7, 11) is 0. The smallest absolute Gasteiger partial charge is 0.255 e. The fourth-order valence-corrected chi connectivity index (χ4v) is 2.85. The Kier molecular flexibility index (Phi) is 6.59. The summed E-state index contributed by atoms with van der Waals surface area (Å²) in [5.41, 5.74) is 2.83. The Labute approximate surface area is 173 Å². The van der Waals surface area contributed by atoms with Crippen molar-refractivity contribution in [3.8, 4) is 11.3 Å². The molecule has 7 heteroatoms. The largest absolute Gasteiger partial charge is 0.392 e. The molecule has 0 aliphatic heterocycles. The monoisotopic (exact) mass is 409 g/mol. The van der Waals surface area contributed by atoms with E-state index in [4.69, 9.17) is 11.6 Å². The van der Waals surface area contributed by atoms with Crippen LogP contribution in [0.4, 0.5) is 5.69 Å². The van der Waals surface area contributed by atoms with Crippen molar-refractivity contribution in [2.45, 2.75) is 13.0 Å². The molecule has 3 rings (SSSR count).